The summed E-state index contributed by atoms with van der Waals surface area (Å²) in [6.07, 6.45) is 4.41. The van der Waals surface area contributed by atoms with Crippen molar-refractivity contribution >= 4 is 0 Å². The molecule has 1 heterocycles. The molecule has 0 saturated carbocycles. The molecular formula is C15H19N3O. The molecule has 0 aliphatic heterocycles. The number of hydrogen-bond donors (Lipinski definition) is 2. The van der Waals surface area contributed by atoms with Crippen LogP contribution in [0.1, 0.15) is 24.1 Å². The highest BCUT2D eigenvalue weighted by Crippen LogP contribution is 2.20. The maximum atomic E-state index is 5.65. The van der Waals surface area contributed by atoms with Crippen molar-refractivity contribution in [2.24, 2.45) is 5.84 Å². The smallest absolute Gasteiger partial charge is 0.119 e. The van der Waals surface area contributed by atoms with Gasteiger partial charge in [0, 0.05) is 18.4 Å². The number of nitrogens with one attached hydrogen (secondary N) is 1. The second kappa shape index (κ2) is 6.87. The minimum absolute atomic E-state index is 0.0816. The highest BCUT2D eigenvalue weighted by molar-refractivity contribution is 5.30. The van der Waals surface area contributed by atoms with E-state index < -0.39 is 0 Å². The van der Waals surface area contributed by atoms with E-state index in [-0.39, 0.29) is 6.04 Å². The van der Waals surface area contributed by atoms with E-state index in [2.05, 4.69) is 10.4 Å². The van der Waals surface area contributed by atoms with Crippen LogP contribution in [0.25, 0.3) is 0 Å². The summed E-state index contributed by atoms with van der Waals surface area (Å²) < 4.78 is 5.43. The first-order valence-corrected chi connectivity index (χ1v) is 6.41. The molecule has 1 aromatic carbocycles. The van der Waals surface area contributed by atoms with Gasteiger partial charge in [-0.3, -0.25) is 16.3 Å². The molecule has 0 fully saturated rings. The summed E-state index contributed by atoms with van der Waals surface area (Å²) in [5.74, 6) is 6.53. The highest BCUT2D eigenvalue weighted by Gasteiger charge is 2.10. The lowest BCUT2D eigenvalue weighted by atomic mass is 10.00. The van der Waals surface area contributed by atoms with Gasteiger partial charge in [-0.25, -0.2) is 0 Å². The average molecular weight is 257 g/mol. The van der Waals surface area contributed by atoms with Crippen molar-refractivity contribution in [2.75, 3.05) is 6.61 Å². The zero-order chi connectivity index (χ0) is 13.5. The van der Waals surface area contributed by atoms with Crippen molar-refractivity contribution in [3.8, 4) is 5.75 Å². The monoisotopic (exact) mass is 257 g/mol. The van der Waals surface area contributed by atoms with Crippen LogP contribution in [0.5, 0.6) is 5.75 Å². The Kier molecular flexibility index (Phi) is 4.89. The lowest BCUT2D eigenvalue weighted by Gasteiger charge is -2.16. The third kappa shape index (κ3) is 3.77. The van der Waals surface area contributed by atoms with Crippen LogP contribution in [0.2, 0.25) is 0 Å². The number of aromatic nitrogens is 1. The van der Waals surface area contributed by atoms with Crippen LogP contribution in [0.4, 0.5) is 0 Å². The van der Waals surface area contributed by atoms with Gasteiger partial charge in [-0.05, 0) is 48.7 Å². The fourth-order valence-corrected chi connectivity index (χ4v) is 1.99. The second-order valence-electron chi connectivity index (χ2n) is 4.28. The molecule has 0 saturated heterocycles. The Bertz CT molecular complexity index is 485. The van der Waals surface area contributed by atoms with E-state index in [4.69, 9.17) is 10.6 Å². The van der Waals surface area contributed by atoms with Gasteiger partial charge in [0.15, 0.2) is 0 Å². The lowest BCUT2D eigenvalue weighted by Crippen LogP contribution is -2.29. The molecule has 3 N–H and O–H groups in total. The Hall–Kier alpha value is -1.91. The third-order valence-corrected chi connectivity index (χ3v) is 2.98. The van der Waals surface area contributed by atoms with Crippen molar-refractivity contribution in [1.29, 1.82) is 0 Å². The number of pyridine rings is 1. The van der Waals surface area contributed by atoms with Crippen molar-refractivity contribution in [3.05, 3.63) is 59.9 Å². The fraction of sp³-hybridized carbons (Fsp3) is 0.267. The fourth-order valence-electron chi connectivity index (χ4n) is 1.99. The quantitative estimate of drug-likeness (QED) is 0.615. The molecule has 2 aromatic rings. The zero-order valence-electron chi connectivity index (χ0n) is 11.0. The van der Waals surface area contributed by atoms with Crippen molar-refractivity contribution in [2.45, 2.75) is 19.4 Å². The predicted molar refractivity (Wildman–Crippen MR) is 75.6 cm³/mol. The van der Waals surface area contributed by atoms with Crippen LogP contribution in [-0.4, -0.2) is 11.6 Å². The number of nitrogens with two attached hydrogens (primary N) is 1. The molecule has 0 aliphatic rings. The van der Waals surface area contributed by atoms with E-state index in [0.29, 0.717) is 6.61 Å². The number of nitrogens with zero attached hydrogens (tertiary/aromatic N) is 1. The molecule has 0 spiro atoms. The van der Waals surface area contributed by atoms with E-state index in [1.54, 1.807) is 12.4 Å². The molecule has 1 aromatic heterocycles. The normalized spacial score (nSPS) is 12.1. The Morgan fingerprint density at radius 3 is 2.42 bits per heavy atom. The Labute approximate surface area is 113 Å². The summed E-state index contributed by atoms with van der Waals surface area (Å²) in [7, 11) is 0. The van der Waals surface area contributed by atoms with E-state index in [1.165, 1.54) is 5.56 Å². The molecule has 4 nitrogen and oxygen atoms in total. The van der Waals surface area contributed by atoms with Crippen LogP contribution < -0.4 is 16.0 Å². The molecule has 0 bridgehead atoms. The zero-order valence-corrected chi connectivity index (χ0v) is 11.0. The average Bonchev–Trinajstić information content (AvgIpc) is 2.47. The maximum Gasteiger partial charge on any atom is 0.119 e. The van der Waals surface area contributed by atoms with Gasteiger partial charge in [0.2, 0.25) is 0 Å². The Morgan fingerprint density at radius 1 is 1.16 bits per heavy atom. The summed E-state index contributed by atoms with van der Waals surface area (Å²) in [6, 6.07) is 12.1. The summed E-state index contributed by atoms with van der Waals surface area (Å²) >= 11 is 0. The van der Waals surface area contributed by atoms with Crippen LogP contribution >= 0.6 is 0 Å². The molecule has 0 aliphatic carbocycles. The van der Waals surface area contributed by atoms with E-state index >= 15 is 0 Å². The number of ether oxygens (including phenoxy) is 1. The topological polar surface area (TPSA) is 60.2 Å². The first-order chi connectivity index (χ1) is 9.33. The summed E-state index contributed by atoms with van der Waals surface area (Å²) in [4.78, 5) is 4.02. The maximum absolute atomic E-state index is 5.65. The molecule has 4 heteroatoms. The second-order valence-corrected chi connectivity index (χ2v) is 4.28. The van der Waals surface area contributed by atoms with Gasteiger partial charge in [-0.15, -0.1) is 0 Å². The van der Waals surface area contributed by atoms with E-state index in [9.17, 15) is 0 Å². The number of rotatable bonds is 6. The van der Waals surface area contributed by atoms with Gasteiger partial charge in [0.25, 0.3) is 0 Å². The molecule has 100 valence electrons. The summed E-state index contributed by atoms with van der Waals surface area (Å²) in [6.45, 7) is 2.65. The summed E-state index contributed by atoms with van der Waals surface area (Å²) in [5.41, 5.74) is 5.20. The van der Waals surface area contributed by atoms with E-state index in [1.807, 2.05) is 43.3 Å². The minimum atomic E-state index is 0.0816. The largest absolute Gasteiger partial charge is 0.494 e. The molecule has 1 atom stereocenters. The Balaban J connectivity index is 2.08. The molecule has 0 amide bonds. The van der Waals surface area contributed by atoms with Gasteiger partial charge in [0.1, 0.15) is 5.75 Å². The predicted octanol–water partition coefficient (Wildman–Crippen LogP) is 2.23. The summed E-state index contributed by atoms with van der Waals surface area (Å²) in [5, 5.41) is 0. The number of hydrazine groups is 1. The first kappa shape index (κ1) is 13.5. The van der Waals surface area contributed by atoms with Gasteiger partial charge in [-0.2, -0.15) is 0 Å². The minimum Gasteiger partial charge on any atom is -0.494 e. The van der Waals surface area contributed by atoms with Crippen LogP contribution in [0, 0.1) is 0 Å². The number of benzene rings is 1. The third-order valence-electron chi connectivity index (χ3n) is 2.98. The lowest BCUT2D eigenvalue weighted by molar-refractivity contribution is 0.340. The van der Waals surface area contributed by atoms with Crippen molar-refractivity contribution in [3.63, 3.8) is 0 Å². The molecule has 1 unspecified atom stereocenters. The van der Waals surface area contributed by atoms with Gasteiger partial charge >= 0.3 is 0 Å². The van der Waals surface area contributed by atoms with Gasteiger partial charge in [0.05, 0.1) is 6.61 Å². The van der Waals surface area contributed by atoms with Crippen LogP contribution in [0.3, 0.4) is 0 Å². The number of hydrogen-bond acceptors (Lipinski definition) is 4. The van der Waals surface area contributed by atoms with E-state index in [0.717, 1.165) is 17.7 Å². The first-order valence-electron chi connectivity index (χ1n) is 6.41. The molecule has 19 heavy (non-hydrogen) atoms. The van der Waals surface area contributed by atoms with Crippen molar-refractivity contribution < 1.29 is 4.74 Å². The molecular weight excluding hydrogens is 238 g/mol. The highest BCUT2D eigenvalue weighted by atomic mass is 16.5. The van der Waals surface area contributed by atoms with Gasteiger partial charge in [-0.1, -0.05) is 12.1 Å². The van der Waals surface area contributed by atoms with Crippen molar-refractivity contribution in [1.82, 2.24) is 10.4 Å². The standard InChI is InChI=1S/C15H19N3O/c1-2-19-14-5-3-13(4-6-14)15(18-16)11-12-7-9-17-10-8-12/h3-10,15,18H,2,11,16H2,1H3. The van der Waals surface area contributed by atoms with Gasteiger partial charge < -0.3 is 4.74 Å². The van der Waals surface area contributed by atoms with Crippen LogP contribution in [-0.2, 0) is 6.42 Å². The molecule has 2 rings (SSSR count). The molecule has 0 radical (unpaired) electrons. The van der Waals surface area contributed by atoms with Crippen LogP contribution in [0.15, 0.2) is 48.8 Å². The SMILES string of the molecule is CCOc1ccc(C(Cc2ccncc2)NN)cc1. The Morgan fingerprint density at radius 2 is 1.84 bits per heavy atom.